The molecule has 1 aromatic carbocycles. The van der Waals surface area contributed by atoms with E-state index < -0.39 is 10.7 Å². The summed E-state index contributed by atoms with van der Waals surface area (Å²) in [6.45, 7) is 3.03. The molecular formula is C8H9NO4. The van der Waals surface area contributed by atoms with Gasteiger partial charge in [-0.2, -0.15) is 0 Å². The zero-order valence-electron chi connectivity index (χ0n) is 7.24. The summed E-state index contributed by atoms with van der Waals surface area (Å²) in [6.07, 6.45) is 0. The molecule has 5 nitrogen and oxygen atoms in total. The van der Waals surface area contributed by atoms with E-state index in [1.54, 1.807) is 0 Å². The van der Waals surface area contributed by atoms with Gasteiger partial charge in [0.05, 0.1) is 11.0 Å². The molecule has 13 heavy (non-hydrogen) atoms. The van der Waals surface area contributed by atoms with Gasteiger partial charge in [-0.15, -0.1) is 0 Å². The number of benzene rings is 1. The van der Waals surface area contributed by atoms with Gasteiger partial charge in [0, 0.05) is 11.1 Å². The summed E-state index contributed by atoms with van der Waals surface area (Å²) in [5, 5.41) is 28.8. The second kappa shape index (κ2) is 2.93. The van der Waals surface area contributed by atoms with Crippen LogP contribution in [0.3, 0.4) is 0 Å². The van der Waals surface area contributed by atoms with Crippen LogP contribution < -0.4 is 0 Å². The van der Waals surface area contributed by atoms with Crippen LogP contribution in [0.5, 0.6) is 11.5 Å². The molecule has 0 spiro atoms. The van der Waals surface area contributed by atoms with Crippen molar-refractivity contribution in [1.82, 2.24) is 0 Å². The molecule has 1 aromatic rings. The molecule has 0 aromatic heterocycles. The number of hydrogen-bond donors (Lipinski definition) is 2. The van der Waals surface area contributed by atoms with Crippen LogP contribution in [0.1, 0.15) is 11.1 Å². The van der Waals surface area contributed by atoms with Gasteiger partial charge in [-0.1, -0.05) is 0 Å². The van der Waals surface area contributed by atoms with Crippen molar-refractivity contribution in [3.05, 3.63) is 27.3 Å². The Morgan fingerprint density at radius 1 is 1.31 bits per heavy atom. The third kappa shape index (κ3) is 1.40. The Morgan fingerprint density at radius 2 is 1.85 bits per heavy atom. The molecule has 0 aliphatic rings. The lowest BCUT2D eigenvalue weighted by Gasteiger charge is -2.05. The van der Waals surface area contributed by atoms with Crippen molar-refractivity contribution < 1.29 is 15.1 Å². The average Bonchev–Trinajstić information content (AvgIpc) is 2.07. The molecule has 0 unspecified atom stereocenters. The molecular weight excluding hydrogens is 174 g/mol. The van der Waals surface area contributed by atoms with Gasteiger partial charge in [-0.05, 0) is 13.8 Å². The smallest absolute Gasteiger partial charge is 0.276 e. The SMILES string of the molecule is Cc1c([N+](=O)[O-])cc(O)c(O)c1C. The molecule has 70 valence electrons. The van der Waals surface area contributed by atoms with Gasteiger partial charge in [-0.3, -0.25) is 10.1 Å². The highest BCUT2D eigenvalue weighted by atomic mass is 16.6. The quantitative estimate of drug-likeness (QED) is 0.393. The number of nitrogens with zero attached hydrogens (tertiary/aromatic N) is 1. The summed E-state index contributed by atoms with van der Waals surface area (Å²) in [5.74, 6) is -0.766. The highest BCUT2D eigenvalue weighted by Gasteiger charge is 2.18. The molecule has 0 radical (unpaired) electrons. The van der Waals surface area contributed by atoms with E-state index >= 15 is 0 Å². The highest BCUT2D eigenvalue weighted by molar-refractivity contribution is 5.57. The predicted molar refractivity (Wildman–Crippen MR) is 45.9 cm³/mol. The van der Waals surface area contributed by atoms with E-state index in [4.69, 9.17) is 5.11 Å². The van der Waals surface area contributed by atoms with Crippen molar-refractivity contribution in [1.29, 1.82) is 0 Å². The van der Waals surface area contributed by atoms with Crippen molar-refractivity contribution >= 4 is 5.69 Å². The largest absolute Gasteiger partial charge is 0.504 e. The summed E-state index contributed by atoms with van der Waals surface area (Å²) < 4.78 is 0. The lowest BCUT2D eigenvalue weighted by atomic mass is 10.1. The summed E-state index contributed by atoms with van der Waals surface area (Å²) in [7, 11) is 0. The first-order chi connectivity index (χ1) is 5.95. The van der Waals surface area contributed by atoms with Crippen LogP contribution in [0, 0.1) is 24.0 Å². The number of nitro benzene ring substituents is 1. The molecule has 0 fully saturated rings. The first-order valence-corrected chi connectivity index (χ1v) is 3.61. The highest BCUT2D eigenvalue weighted by Crippen LogP contribution is 2.36. The average molecular weight is 183 g/mol. The summed E-state index contributed by atoms with van der Waals surface area (Å²) in [4.78, 5) is 9.85. The molecule has 2 N–H and O–H groups in total. The monoisotopic (exact) mass is 183 g/mol. The Kier molecular flexibility index (Phi) is 2.10. The van der Waals surface area contributed by atoms with Crippen LogP contribution in [-0.4, -0.2) is 15.1 Å². The Balaban J connectivity index is 3.50. The number of phenols is 2. The summed E-state index contributed by atoms with van der Waals surface area (Å²) >= 11 is 0. The van der Waals surface area contributed by atoms with Crippen molar-refractivity contribution in [2.75, 3.05) is 0 Å². The Hall–Kier alpha value is -1.78. The normalized spacial score (nSPS) is 10.0. The van der Waals surface area contributed by atoms with Crippen molar-refractivity contribution in [2.24, 2.45) is 0 Å². The minimum Gasteiger partial charge on any atom is -0.504 e. The number of aromatic hydroxyl groups is 2. The van der Waals surface area contributed by atoms with E-state index in [-0.39, 0.29) is 11.4 Å². The molecule has 0 aliphatic heterocycles. The van der Waals surface area contributed by atoms with E-state index in [1.807, 2.05) is 0 Å². The number of hydrogen-bond acceptors (Lipinski definition) is 4. The molecule has 5 heteroatoms. The van der Waals surface area contributed by atoms with Crippen LogP contribution >= 0.6 is 0 Å². The van der Waals surface area contributed by atoms with Gasteiger partial charge in [0.15, 0.2) is 11.5 Å². The standard InChI is InChI=1S/C8H9NO4/c1-4-5(2)8(11)7(10)3-6(4)9(12)13/h3,10-11H,1-2H3. The molecule has 0 heterocycles. The van der Waals surface area contributed by atoms with Crippen molar-refractivity contribution in [3.8, 4) is 11.5 Å². The summed E-state index contributed by atoms with van der Waals surface area (Å²) in [5.41, 5.74) is 0.500. The van der Waals surface area contributed by atoms with E-state index in [2.05, 4.69) is 0 Å². The second-order valence-corrected chi connectivity index (χ2v) is 2.77. The topological polar surface area (TPSA) is 83.6 Å². The van der Waals surface area contributed by atoms with Gasteiger partial charge < -0.3 is 10.2 Å². The predicted octanol–water partition coefficient (Wildman–Crippen LogP) is 1.62. The molecule has 0 saturated carbocycles. The van der Waals surface area contributed by atoms with Crippen LogP contribution in [0.2, 0.25) is 0 Å². The molecule has 1 rings (SSSR count). The number of nitro groups is 1. The molecule has 0 bridgehead atoms. The van der Waals surface area contributed by atoms with Gasteiger partial charge in [0.1, 0.15) is 0 Å². The fourth-order valence-electron chi connectivity index (χ4n) is 1.06. The zero-order valence-corrected chi connectivity index (χ0v) is 7.24. The minimum atomic E-state index is -0.596. The van der Waals surface area contributed by atoms with Crippen molar-refractivity contribution in [3.63, 3.8) is 0 Å². The fourth-order valence-corrected chi connectivity index (χ4v) is 1.06. The van der Waals surface area contributed by atoms with Crippen LogP contribution in [0.4, 0.5) is 5.69 Å². The summed E-state index contributed by atoms with van der Waals surface area (Å²) in [6, 6.07) is 0.942. The first kappa shape index (κ1) is 9.31. The van der Waals surface area contributed by atoms with Gasteiger partial charge in [0.2, 0.25) is 0 Å². The maximum Gasteiger partial charge on any atom is 0.276 e. The van der Waals surface area contributed by atoms with Crippen LogP contribution in [-0.2, 0) is 0 Å². The van der Waals surface area contributed by atoms with Crippen molar-refractivity contribution in [2.45, 2.75) is 13.8 Å². The third-order valence-corrected chi connectivity index (χ3v) is 2.01. The maximum absolute atomic E-state index is 10.5. The fraction of sp³-hybridized carbons (Fsp3) is 0.250. The molecule has 0 aliphatic carbocycles. The van der Waals surface area contributed by atoms with Gasteiger partial charge >= 0.3 is 0 Å². The maximum atomic E-state index is 10.5. The minimum absolute atomic E-state index is 0.187. The Labute approximate surface area is 74.4 Å². The van der Waals surface area contributed by atoms with E-state index in [0.717, 1.165) is 6.07 Å². The lowest BCUT2D eigenvalue weighted by molar-refractivity contribution is -0.385. The van der Waals surface area contributed by atoms with E-state index in [0.29, 0.717) is 11.1 Å². The van der Waals surface area contributed by atoms with Crippen LogP contribution in [0.15, 0.2) is 6.07 Å². The number of phenolic OH excluding ortho intramolecular Hbond substituents is 2. The third-order valence-electron chi connectivity index (χ3n) is 2.01. The molecule has 0 amide bonds. The molecule has 0 atom stereocenters. The van der Waals surface area contributed by atoms with E-state index in [1.165, 1.54) is 13.8 Å². The van der Waals surface area contributed by atoms with Gasteiger partial charge in [-0.25, -0.2) is 0 Å². The Bertz CT molecular complexity index is 373. The molecule has 0 saturated heterocycles. The second-order valence-electron chi connectivity index (χ2n) is 2.77. The lowest BCUT2D eigenvalue weighted by Crippen LogP contribution is -1.94. The Morgan fingerprint density at radius 3 is 2.31 bits per heavy atom. The van der Waals surface area contributed by atoms with E-state index in [9.17, 15) is 15.2 Å². The zero-order chi connectivity index (χ0) is 10.2. The number of rotatable bonds is 1. The first-order valence-electron chi connectivity index (χ1n) is 3.61. The van der Waals surface area contributed by atoms with Crippen LogP contribution in [0.25, 0.3) is 0 Å². The van der Waals surface area contributed by atoms with Gasteiger partial charge in [0.25, 0.3) is 5.69 Å².